The molecule has 0 spiro atoms. The molecule has 21 heavy (non-hydrogen) atoms. The molecule has 1 N–H and O–H groups in total. The van der Waals surface area contributed by atoms with Crippen LogP contribution in [0.2, 0.25) is 0 Å². The molecule has 1 aromatic heterocycles. The second-order valence-corrected chi connectivity index (χ2v) is 4.67. The molecule has 0 radical (unpaired) electrons. The Balaban J connectivity index is 1.66. The number of carbonyl (C=O) groups excluding carboxylic acids is 1. The molecule has 3 rings (SSSR count). The number of nitrogens with one attached hydrogen (secondary N) is 1. The van der Waals surface area contributed by atoms with Crippen LogP contribution in [0.15, 0.2) is 59.2 Å². The van der Waals surface area contributed by atoms with Gasteiger partial charge in [0.05, 0.1) is 12.5 Å². The molecule has 1 aliphatic rings. The van der Waals surface area contributed by atoms with Gasteiger partial charge in [0.25, 0.3) is 0 Å². The lowest BCUT2D eigenvalue weighted by Crippen LogP contribution is -2.27. The Morgan fingerprint density at radius 2 is 2.05 bits per heavy atom. The second-order valence-electron chi connectivity index (χ2n) is 4.67. The van der Waals surface area contributed by atoms with Crippen LogP contribution in [-0.2, 0) is 11.3 Å². The van der Waals surface area contributed by atoms with Crippen molar-refractivity contribution in [3.63, 3.8) is 0 Å². The second kappa shape index (κ2) is 5.75. The van der Waals surface area contributed by atoms with Crippen molar-refractivity contribution in [2.75, 3.05) is 0 Å². The van der Waals surface area contributed by atoms with Crippen LogP contribution in [0.4, 0.5) is 4.39 Å². The normalized spacial score (nSPS) is 13.8. The zero-order valence-corrected chi connectivity index (χ0v) is 11.1. The standard InChI is InChI=1S/C16H13FN2O2/c17-14-8-4-3-7-13(14)15-9-12(21-19-15)10-18-16(20)11-5-1-2-6-11/h1-9,11H,10H2,(H,18,20). The highest BCUT2D eigenvalue weighted by Gasteiger charge is 2.15. The monoisotopic (exact) mass is 284 g/mol. The number of carbonyl (C=O) groups is 1. The first-order valence-corrected chi connectivity index (χ1v) is 6.57. The van der Waals surface area contributed by atoms with Crippen molar-refractivity contribution >= 4 is 5.91 Å². The van der Waals surface area contributed by atoms with Gasteiger partial charge in [0.1, 0.15) is 11.5 Å². The molecule has 106 valence electrons. The summed E-state index contributed by atoms with van der Waals surface area (Å²) >= 11 is 0. The summed E-state index contributed by atoms with van der Waals surface area (Å²) in [5, 5.41) is 6.58. The highest BCUT2D eigenvalue weighted by Crippen LogP contribution is 2.22. The highest BCUT2D eigenvalue weighted by atomic mass is 19.1. The van der Waals surface area contributed by atoms with Crippen molar-refractivity contribution in [1.29, 1.82) is 0 Å². The average Bonchev–Trinajstić information content (AvgIpc) is 3.17. The quantitative estimate of drug-likeness (QED) is 0.939. The van der Waals surface area contributed by atoms with E-state index in [0.717, 1.165) is 0 Å². The summed E-state index contributed by atoms with van der Waals surface area (Å²) in [7, 11) is 0. The Hall–Kier alpha value is -2.69. The number of aromatic nitrogens is 1. The van der Waals surface area contributed by atoms with Gasteiger partial charge in [0.2, 0.25) is 5.91 Å². The summed E-state index contributed by atoms with van der Waals surface area (Å²) in [5.74, 6) is -0.224. The van der Waals surface area contributed by atoms with E-state index in [0.29, 0.717) is 17.0 Å². The van der Waals surface area contributed by atoms with E-state index in [1.807, 2.05) is 12.2 Å². The van der Waals surface area contributed by atoms with Gasteiger partial charge in [-0.05, 0) is 12.1 Å². The molecule has 2 aromatic rings. The number of hydrogen-bond donors (Lipinski definition) is 1. The fourth-order valence-corrected chi connectivity index (χ4v) is 2.09. The summed E-state index contributed by atoms with van der Waals surface area (Å²) in [4.78, 5) is 11.8. The fraction of sp³-hybridized carbons (Fsp3) is 0.125. The van der Waals surface area contributed by atoms with Crippen molar-refractivity contribution in [3.8, 4) is 11.3 Å². The first kappa shape index (κ1) is 13.3. The number of hydrogen-bond acceptors (Lipinski definition) is 3. The Kier molecular flexibility index (Phi) is 3.64. The van der Waals surface area contributed by atoms with Crippen molar-refractivity contribution in [2.45, 2.75) is 6.54 Å². The van der Waals surface area contributed by atoms with E-state index in [9.17, 15) is 9.18 Å². The number of nitrogens with zero attached hydrogens (tertiary/aromatic N) is 1. The molecule has 0 fully saturated rings. The third-order valence-electron chi connectivity index (χ3n) is 3.20. The largest absolute Gasteiger partial charge is 0.359 e. The summed E-state index contributed by atoms with van der Waals surface area (Å²) in [6.45, 7) is 0.221. The van der Waals surface area contributed by atoms with Crippen LogP contribution >= 0.6 is 0 Å². The smallest absolute Gasteiger partial charge is 0.231 e. The van der Waals surface area contributed by atoms with Crippen LogP contribution in [-0.4, -0.2) is 11.1 Å². The molecule has 5 heteroatoms. The van der Waals surface area contributed by atoms with Crippen LogP contribution < -0.4 is 5.32 Å². The van der Waals surface area contributed by atoms with Gasteiger partial charge < -0.3 is 9.84 Å². The van der Waals surface area contributed by atoms with Gasteiger partial charge in [-0.25, -0.2) is 4.39 Å². The molecule has 0 aliphatic heterocycles. The predicted molar refractivity (Wildman–Crippen MR) is 75.5 cm³/mol. The maximum atomic E-state index is 13.6. The van der Waals surface area contributed by atoms with Crippen molar-refractivity contribution < 1.29 is 13.7 Å². The molecule has 0 saturated carbocycles. The molecule has 0 atom stereocenters. The number of rotatable bonds is 4. The molecule has 1 heterocycles. The van der Waals surface area contributed by atoms with Gasteiger partial charge in [-0.2, -0.15) is 0 Å². The van der Waals surface area contributed by atoms with Gasteiger partial charge in [-0.15, -0.1) is 0 Å². The first-order valence-electron chi connectivity index (χ1n) is 6.57. The molecule has 4 nitrogen and oxygen atoms in total. The fourth-order valence-electron chi connectivity index (χ4n) is 2.09. The zero-order chi connectivity index (χ0) is 14.7. The Bertz CT molecular complexity index is 707. The van der Waals surface area contributed by atoms with E-state index in [-0.39, 0.29) is 24.2 Å². The van der Waals surface area contributed by atoms with Gasteiger partial charge in [0, 0.05) is 11.6 Å². The Morgan fingerprint density at radius 1 is 1.29 bits per heavy atom. The van der Waals surface area contributed by atoms with Crippen LogP contribution in [0.25, 0.3) is 11.3 Å². The van der Waals surface area contributed by atoms with Crippen LogP contribution in [0.5, 0.6) is 0 Å². The van der Waals surface area contributed by atoms with Crippen LogP contribution in [0, 0.1) is 11.7 Å². The predicted octanol–water partition coefficient (Wildman–Crippen LogP) is 2.84. The molecular formula is C16H13FN2O2. The average molecular weight is 284 g/mol. The van der Waals surface area contributed by atoms with Gasteiger partial charge >= 0.3 is 0 Å². The highest BCUT2D eigenvalue weighted by molar-refractivity contribution is 5.83. The van der Waals surface area contributed by atoms with Crippen LogP contribution in [0.3, 0.4) is 0 Å². The molecule has 0 saturated heterocycles. The molecular weight excluding hydrogens is 271 g/mol. The van der Waals surface area contributed by atoms with Crippen molar-refractivity contribution in [1.82, 2.24) is 10.5 Å². The number of halogens is 1. The van der Waals surface area contributed by atoms with E-state index in [4.69, 9.17) is 4.52 Å². The lowest BCUT2D eigenvalue weighted by atomic mass is 10.1. The number of benzene rings is 1. The molecule has 0 unspecified atom stereocenters. The Morgan fingerprint density at radius 3 is 2.81 bits per heavy atom. The topological polar surface area (TPSA) is 55.1 Å². The van der Waals surface area contributed by atoms with Gasteiger partial charge in [-0.3, -0.25) is 4.79 Å². The third kappa shape index (κ3) is 2.91. The van der Waals surface area contributed by atoms with Crippen molar-refractivity contribution in [3.05, 3.63) is 66.2 Å². The molecule has 0 bridgehead atoms. The van der Waals surface area contributed by atoms with Crippen molar-refractivity contribution in [2.24, 2.45) is 5.92 Å². The molecule has 1 aromatic carbocycles. The maximum absolute atomic E-state index is 13.6. The van der Waals surface area contributed by atoms with Gasteiger partial charge in [-0.1, -0.05) is 41.6 Å². The minimum absolute atomic E-state index is 0.108. The van der Waals surface area contributed by atoms with E-state index in [2.05, 4.69) is 10.5 Å². The summed E-state index contributed by atoms with van der Waals surface area (Å²) < 4.78 is 18.8. The zero-order valence-electron chi connectivity index (χ0n) is 11.1. The summed E-state index contributed by atoms with van der Waals surface area (Å²) in [5.41, 5.74) is 0.790. The van der Waals surface area contributed by atoms with E-state index < -0.39 is 0 Å². The number of allylic oxidation sites excluding steroid dienone is 2. The lowest BCUT2D eigenvalue weighted by Gasteiger charge is -2.05. The Labute approximate surface area is 121 Å². The minimum atomic E-state index is -0.359. The third-order valence-corrected chi connectivity index (χ3v) is 3.20. The van der Waals surface area contributed by atoms with E-state index in [1.165, 1.54) is 6.07 Å². The van der Waals surface area contributed by atoms with Gasteiger partial charge in [0.15, 0.2) is 5.76 Å². The molecule has 1 amide bonds. The first-order chi connectivity index (χ1) is 10.2. The molecule has 1 aliphatic carbocycles. The SMILES string of the molecule is O=C(NCc1cc(-c2ccccc2F)no1)C1C=CC=C1. The lowest BCUT2D eigenvalue weighted by molar-refractivity contribution is -0.122. The number of amides is 1. The van der Waals surface area contributed by atoms with E-state index in [1.54, 1.807) is 36.4 Å². The summed E-state index contributed by atoms with van der Waals surface area (Å²) in [6.07, 6.45) is 7.27. The maximum Gasteiger partial charge on any atom is 0.231 e. The minimum Gasteiger partial charge on any atom is -0.359 e. The van der Waals surface area contributed by atoms with E-state index >= 15 is 0 Å². The summed E-state index contributed by atoms with van der Waals surface area (Å²) in [6, 6.07) is 7.96. The van der Waals surface area contributed by atoms with Crippen LogP contribution in [0.1, 0.15) is 5.76 Å².